The van der Waals surface area contributed by atoms with E-state index in [0.29, 0.717) is 6.42 Å². The predicted molar refractivity (Wildman–Crippen MR) is 57.6 cm³/mol. The van der Waals surface area contributed by atoms with E-state index in [4.69, 9.17) is 5.73 Å². The zero-order valence-electron chi connectivity index (χ0n) is 8.02. The van der Waals surface area contributed by atoms with Gasteiger partial charge in [0, 0.05) is 0 Å². The molecule has 0 fully saturated rings. The van der Waals surface area contributed by atoms with E-state index in [1.165, 1.54) is 5.56 Å². The van der Waals surface area contributed by atoms with Gasteiger partial charge in [-0.1, -0.05) is 30.3 Å². The summed E-state index contributed by atoms with van der Waals surface area (Å²) in [5.41, 5.74) is 6.26. The number of aryl methyl sites for hydroxylation is 1. The lowest BCUT2D eigenvalue weighted by atomic mass is 10.1. The predicted octanol–water partition coefficient (Wildman–Crippen LogP) is 0.950. The van der Waals surface area contributed by atoms with Crippen LogP contribution < -0.4 is 5.73 Å². The maximum atomic E-state index is 11.1. The Morgan fingerprint density at radius 1 is 1.14 bits per heavy atom. The lowest BCUT2D eigenvalue weighted by Gasteiger charge is -2.01. The monoisotopic (exact) mass is 213 g/mol. The molecule has 0 aliphatic heterocycles. The molecule has 0 saturated carbocycles. The molecule has 0 bridgehead atoms. The quantitative estimate of drug-likeness (QED) is 0.792. The molecule has 0 atom stereocenters. The summed E-state index contributed by atoms with van der Waals surface area (Å²) in [4.78, 5) is 0. The molecular weight excluding hydrogens is 198 g/mol. The number of nitrogens with two attached hydrogens (primary N) is 1. The third-order valence-corrected chi connectivity index (χ3v) is 3.44. The summed E-state index contributed by atoms with van der Waals surface area (Å²) in [6.45, 7) is 0. The van der Waals surface area contributed by atoms with Gasteiger partial charge in [-0.25, -0.2) is 8.42 Å². The molecule has 78 valence electrons. The van der Waals surface area contributed by atoms with Gasteiger partial charge in [0.25, 0.3) is 0 Å². The number of hydrogen-bond donors (Lipinski definition) is 1. The van der Waals surface area contributed by atoms with Gasteiger partial charge < -0.3 is 5.73 Å². The molecule has 0 aromatic heterocycles. The van der Waals surface area contributed by atoms with Crippen molar-refractivity contribution in [2.45, 2.75) is 12.8 Å². The van der Waals surface area contributed by atoms with Crippen LogP contribution in [0.1, 0.15) is 12.0 Å². The Hall–Kier alpha value is -0.870. The normalized spacial score (nSPS) is 11.5. The van der Waals surface area contributed by atoms with E-state index in [0.717, 1.165) is 6.42 Å². The van der Waals surface area contributed by atoms with E-state index in [9.17, 15) is 8.42 Å². The van der Waals surface area contributed by atoms with Gasteiger partial charge >= 0.3 is 0 Å². The van der Waals surface area contributed by atoms with E-state index in [1.807, 2.05) is 30.3 Å². The number of benzene rings is 1. The van der Waals surface area contributed by atoms with Gasteiger partial charge in [0.15, 0.2) is 9.84 Å². The van der Waals surface area contributed by atoms with E-state index in [1.54, 1.807) is 0 Å². The minimum absolute atomic E-state index is 0.179. The van der Waals surface area contributed by atoms with Crippen molar-refractivity contribution in [2.75, 3.05) is 11.6 Å². The first kappa shape index (κ1) is 11.2. The van der Waals surface area contributed by atoms with Gasteiger partial charge in [0.05, 0.1) is 11.6 Å². The van der Waals surface area contributed by atoms with Crippen LogP contribution in [0.15, 0.2) is 30.3 Å². The van der Waals surface area contributed by atoms with Crippen molar-refractivity contribution in [3.8, 4) is 0 Å². The molecule has 0 spiro atoms. The van der Waals surface area contributed by atoms with Gasteiger partial charge in [0.1, 0.15) is 0 Å². The molecule has 1 rings (SSSR count). The van der Waals surface area contributed by atoms with Crippen LogP contribution in [-0.4, -0.2) is 20.0 Å². The lowest BCUT2D eigenvalue weighted by molar-refractivity contribution is 0.593. The van der Waals surface area contributed by atoms with Crippen molar-refractivity contribution in [3.63, 3.8) is 0 Å². The minimum atomic E-state index is -3.01. The van der Waals surface area contributed by atoms with Crippen LogP contribution in [0.25, 0.3) is 0 Å². The van der Waals surface area contributed by atoms with E-state index >= 15 is 0 Å². The zero-order valence-corrected chi connectivity index (χ0v) is 8.83. The fourth-order valence-corrected chi connectivity index (χ4v) is 1.98. The standard InChI is InChI=1S/C10H15NO2S/c11-9-14(12,13)8-4-7-10-5-2-1-3-6-10/h1-3,5-6H,4,7-9,11H2. The van der Waals surface area contributed by atoms with Gasteiger partial charge in [-0.15, -0.1) is 0 Å². The largest absolute Gasteiger partial charge is 0.318 e. The average molecular weight is 213 g/mol. The second-order valence-corrected chi connectivity index (χ2v) is 5.43. The highest BCUT2D eigenvalue weighted by atomic mass is 32.2. The zero-order chi connectivity index (χ0) is 10.4. The second-order valence-electron chi connectivity index (χ2n) is 3.20. The molecule has 0 saturated heterocycles. The molecule has 0 aliphatic carbocycles. The van der Waals surface area contributed by atoms with E-state index in [2.05, 4.69) is 0 Å². The van der Waals surface area contributed by atoms with Crippen LogP contribution >= 0.6 is 0 Å². The lowest BCUT2D eigenvalue weighted by Crippen LogP contribution is -2.18. The maximum Gasteiger partial charge on any atom is 0.163 e. The Labute approximate surface area is 84.9 Å². The number of hydrogen-bond acceptors (Lipinski definition) is 3. The van der Waals surface area contributed by atoms with Gasteiger partial charge in [-0.3, -0.25) is 0 Å². The van der Waals surface area contributed by atoms with Gasteiger partial charge in [0.2, 0.25) is 0 Å². The summed E-state index contributed by atoms with van der Waals surface area (Å²) >= 11 is 0. The SMILES string of the molecule is NCS(=O)(=O)CCCc1ccccc1. The Kier molecular flexibility index (Phi) is 4.10. The summed E-state index contributed by atoms with van der Waals surface area (Å²) in [6.07, 6.45) is 1.43. The fraction of sp³-hybridized carbons (Fsp3) is 0.400. The first-order valence-corrected chi connectivity index (χ1v) is 6.40. The van der Waals surface area contributed by atoms with Crippen LogP contribution in [0.3, 0.4) is 0 Å². The van der Waals surface area contributed by atoms with Gasteiger partial charge in [-0.05, 0) is 18.4 Å². The van der Waals surface area contributed by atoms with Crippen molar-refractivity contribution in [3.05, 3.63) is 35.9 Å². The highest BCUT2D eigenvalue weighted by Crippen LogP contribution is 2.03. The Morgan fingerprint density at radius 2 is 1.79 bits per heavy atom. The fourth-order valence-electron chi connectivity index (χ4n) is 1.22. The highest BCUT2D eigenvalue weighted by molar-refractivity contribution is 7.91. The van der Waals surface area contributed by atoms with Crippen molar-refractivity contribution < 1.29 is 8.42 Å². The van der Waals surface area contributed by atoms with Gasteiger partial charge in [-0.2, -0.15) is 0 Å². The molecule has 0 aliphatic rings. The Balaban J connectivity index is 2.37. The molecule has 4 heteroatoms. The summed E-state index contributed by atoms with van der Waals surface area (Å²) in [5, 5.41) is 0. The van der Waals surface area contributed by atoms with Crippen LogP contribution in [0.4, 0.5) is 0 Å². The molecule has 0 radical (unpaired) electrons. The minimum Gasteiger partial charge on any atom is -0.318 e. The van der Waals surface area contributed by atoms with Crippen molar-refractivity contribution in [1.29, 1.82) is 0 Å². The maximum absolute atomic E-state index is 11.1. The molecule has 2 N–H and O–H groups in total. The summed E-state index contributed by atoms with van der Waals surface area (Å²) in [7, 11) is -3.01. The molecule has 1 aromatic rings. The van der Waals surface area contributed by atoms with Crippen LogP contribution in [-0.2, 0) is 16.3 Å². The third-order valence-electron chi connectivity index (χ3n) is 2.02. The number of rotatable bonds is 5. The summed E-state index contributed by atoms with van der Waals surface area (Å²) in [5.74, 6) is -0.0693. The molecule has 3 nitrogen and oxygen atoms in total. The topological polar surface area (TPSA) is 60.2 Å². The van der Waals surface area contributed by atoms with Crippen LogP contribution in [0.2, 0.25) is 0 Å². The smallest absolute Gasteiger partial charge is 0.163 e. The second kappa shape index (κ2) is 5.12. The molecular formula is C10H15NO2S. The Bertz CT molecular complexity index is 359. The average Bonchev–Trinajstić information content (AvgIpc) is 2.19. The van der Waals surface area contributed by atoms with E-state index in [-0.39, 0.29) is 11.6 Å². The first-order chi connectivity index (χ1) is 6.64. The number of sulfone groups is 1. The Morgan fingerprint density at radius 3 is 2.36 bits per heavy atom. The van der Waals surface area contributed by atoms with Crippen LogP contribution in [0.5, 0.6) is 0 Å². The van der Waals surface area contributed by atoms with E-state index < -0.39 is 9.84 Å². The third kappa shape index (κ3) is 3.89. The van der Waals surface area contributed by atoms with Crippen LogP contribution in [0, 0.1) is 0 Å². The van der Waals surface area contributed by atoms with Crippen molar-refractivity contribution >= 4 is 9.84 Å². The molecule has 1 aromatic carbocycles. The summed E-state index contributed by atoms with van der Waals surface area (Å²) < 4.78 is 22.1. The van der Waals surface area contributed by atoms with Crippen molar-refractivity contribution in [2.24, 2.45) is 5.73 Å². The molecule has 0 amide bonds. The molecule has 0 unspecified atom stereocenters. The molecule has 0 heterocycles. The highest BCUT2D eigenvalue weighted by Gasteiger charge is 2.06. The van der Waals surface area contributed by atoms with Crippen molar-refractivity contribution in [1.82, 2.24) is 0 Å². The summed E-state index contributed by atoms with van der Waals surface area (Å²) in [6, 6.07) is 9.84. The first-order valence-electron chi connectivity index (χ1n) is 4.58. The molecule has 14 heavy (non-hydrogen) atoms.